The zero-order valence-electron chi connectivity index (χ0n) is 13.9. The van der Waals surface area contributed by atoms with Crippen molar-refractivity contribution in [2.75, 3.05) is 49.3 Å². The molecule has 2 fully saturated rings. The molecule has 0 aliphatic carbocycles. The Morgan fingerprint density at radius 1 is 1.22 bits per heavy atom. The molecule has 0 bridgehead atoms. The van der Waals surface area contributed by atoms with Crippen molar-refractivity contribution in [3.8, 4) is 0 Å². The van der Waals surface area contributed by atoms with E-state index in [-0.39, 0.29) is 6.61 Å². The quantitative estimate of drug-likeness (QED) is 0.873. The summed E-state index contributed by atoms with van der Waals surface area (Å²) in [6.07, 6.45) is 0.850. The van der Waals surface area contributed by atoms with E-state index < -0.39 is 0 Å². The number of nitrogens with zero attached hydrogens (tertiary/aromatic N) is 2. The SMILES string of the molecule is Cc1ccc(CN2CCN(C3CSCCSC3)C[C@@H]2CCO)o1. The highest BCUT2D eigenvalue weighted by molar-refractivity contribution is 8.03. The largest absolute Gasteiger partial charge is 0.465 e. The molecule has 3 rings (SSSR count). The van der Waals surface area contributed by atoms with Crippen molar-refractivity contribution in [1.29, 1.82) is 0 Å². The molecule has 3 heterocycles. The van der Waals surface area contributed by atoms with Crippen LogP contribution in [0.25, 0.3) is 0 Å². The summed E-state index contributed by atoms with van der Waals surface area (Å²) in [6, 6.07) is 5.24. The summed E-state index contributed by atoms with van der Waals surface area (Å²) >= 11 is 4.20. The Morgan fingerprint density at radius 2 is 2.00 bits per heavy atom. The van der Waals surface area contributed by atoms with Crippen LogP contribution in [0.15, 0.2) is 16.5 Å². The van der Waals surface area contributed by atoms with Gasteiger partial charge in [-0.15, -0.1) is 0 Å². The van der Waals surface area contributed by atoms with Crippen LogP contribution in [0.1, 0.15) is 17.9 Å². The van der Waals surface area contributed by atoms with Crippen molar-refractivity contribution < 1.29 is 9.52 Å². The Morgan fingerprint density at radius 3 is 2.65 bits per heavy atom. The topological polar surface area (TPSA) is 39.9 Å². The van der Waals surface area contributed by atoms with Gasteiger partial charge in [-0.05, 0) is 25.5 Å². The zero-order valence-corrected chi connectivity index (χ0v) is 15.6. The van der Waals surface area contributed by atoms with Crippen LogP contribution in [-0.2, 0) is 6.54 Å². The highest BCUT2D eigenvalue weighted by Gasteiger charge is 2.31. The predicted molar refractivity (Wildman–Crippen MR) is 99.4 cm³/mol. The van der Waals surface area contributed by atoms with Gasteiger partial charge in [0.1, 0.15) is 11.5 Å². The molecule has 4 nitrogen and oxygen atoms in total. The van der Waals surface area contributed by atoms with Gasteiger partial charge in [-0.25, -0.2) is 0 Å². The fourth-order valence-corrected chi connectivity index (χ4v) is 6.09. The second-order valence-electron chi connectivity index (χ2n) is 6.45. The summed E-state index contributed by atoms with van der Waals surface area (Å²) in [7, 11) is 0. The lowest BCUT2D eigenvalue weighted by Crippen LogP contribution is -2.56. The Kier molecular flexibility index (Phi) is 6.77. The molecule has 2 saturated heterocycles. The molecular weight excluding hydrogens is 328 g/mol. The van der Waals surface area contributed by atoms with Crippen LogP contribution >= 0.6 is 23.5 Å². The van der Waals surface area contributed by atoms with Gasteiger partial charge >= 0.3 is 0 Å². The van der Waals surface area contributed by atoms with E-state index in [0.717, 1.165) is 44.1 Å². The van der Waals surface area contributed by atoms with E-state index in [9.17, 15) is 5.11 Å². The second-order valence-corrected chi connectivity index (χ2v) is 8.75. The van der Waals surface area contributed by atoms with E-state index in [4.69, 9.17) is 4.42 Å². The highest BCUT2D eigenvalue weighted by atomic mass is 32.2. The maximum absolute atomic E-state index is 9.47. The Labute approximate surface area is 148 Å². The average molecular weight is 357 g/mol. The minimum absolute atomic E-state index is 0.264. The first-order valence-corrected chi connectivity index (χ1v) is 10.9. The lowest BCUT2D eigenvalue weighted by atomic mass is 10.1. The third kappa shape index (κ3) is 4.92. The molecule has 130 valence electrons. The molecule has 1 aromatic heterocycles. The molecule has 0 saturated carbocycles. The number of aryl methyl sites for hydroxylation is 1. The molecule has 0 amide bonds. The third-order valence-corrected chi connectivity index (χ3v) is 7.25. The third-order valence-electron chi connectivity index (χ3n) is 4.76. The molecule has 23 heavy (non-hydrogen) atoms. The fraction of sp³-hybridized carbons (Fsp3) is 0.765. The van der Waals surface area contributed by atoms with Crippen LogP contribution in [0, 0.1) is 6.92 Å². The van der Waals surface area contributed by atoms with Crippen LogP contribution in [0.2, 0.25) is 0 Å². The summed E-state index contributed by atoms with van der Waals surface area (Å²) in [6.45, 7) is 6.39. The van der Waals surface area contributed by atoms with Gasteiger partial charge in [0.05, 0.1) is 6.54 Å². The monoisotopic (exact) mass is 356 g/mol. The van der Waals surface area contributed by atoms with E-state index >= 15 is 0 Å². The zero-order chi connectivity index (χ0) is 16.1. The Balaban J connectivity index is 1.60. The van der Waals surface area contributed by atoms with Crippen LogP contribution in [0.3, 0.4) is 0 Å². The first-order chi connectivity index (χ1) is 11.3. The van der Waals surface area contributed by atoms with Crippen LogP contribution < -0.4 is 0 Å². The van der Waals surface area contributed by atoms with Crippen molar-refractivity contribution in [3.05, 3.63) is 23.7 Å². The number of rotatable bonds is 5. The molecule has 0 spiro atoms. The van der Waals surface area contributed by atoms with Crippen LogP contribution in [0.4, 0.5) is 0 Å². The summed E-state index contributed by atoms with van der Waals surface area (Å²) in [5.74, 6) is 7.12. The molecule has 2 aliphatic rings. The van der Waals surface area contributed by atoms with Crippen LogP contribution in [-0.4, -0.2) is 76.2 Å². The van der Waals surface area contributed by atoms with Gasteiger partial charge in [-0.2, -0.15) is 23.5 Å². The Hall–Kier alpha value is -0.140. The average Bonchev–Trinajstić information content (AvgIpc) is 2.79. The predicted octanol–water partition coefficient (Wildman–Crippen LogP) is 2.31. The molecule has 0 unspecified atom stereocenters. The van der Waals surface area contributed by atoms with Crippen molar-refractivity contribution in [2.45, 2.75) is 32.0 Å². The number of aliphatic hydroxyl groups excluding tert-OH is 1. The van der Waals surface area contributed by atoms with Gasteiger partial charge in [0.25, 0.3) is 0 Å². The van der Waals surface area contributed by atoms with E-state index in [1.807, 2.05) is 13.0 Å². The standard InChI is InChI=1S/C17H28N2O2S2/c1-14-2-3-17(21-14)11-19-6-5-18(10-15(19)4-7-20)16-12-22-8-9-23-13-16/h2-3,15-16,20H,4-13H2,1H3/t15-/m0/s1. The van der Waals surface area contributed by atoms with E-state index in [2.05, 4.69) is 39.4 Å². The van der Waals surface area contributed by atoms with Gasteiger partial charge < -0.3 is 9.52 Å². The molecule has 2 aliphatic heterocycles. The van der Waals surface area contributed by atoms with Gasteiger partial charge in [-0.3, -0.25) is 9.80 Å². The number of thioether (sulfide) groups is 2. The molecule has 6 heteroatoms. The molecular formula is C17H28N2O2S2. The van der Waals surface area contributed by atoms with E-state index in [1.165, 1.54) is 23.0 Å². The molecule has 1 N–H and O–H groups in total. The Bertz CT molecular complexity index is 475. The summed E-state index contributed by atoms with van der Waals surface area (Å²) in [5.41, 5.74) is 0. The minimum Gasteiger partial charge on any atom is -0.465 e. The van der Waals surface area contributed by atoms with E-state index in [1.54, 1.807) is 0 Å². The normalized spacial score (nSPS) is 25.6. The van der Waals surface area contributed by atoms with Gasteiger partial charge in [0.15, 0.2) is 0 Å². The fourth-order valence-electron chi connectivity index (χ4n) is 3.47. The first kappa shape index (κ1) is 17.7. The van der Waals surface area contributed by atoms with Gasteiger partial charge in [0.2, 0.25) is 0 Å². The number of piperazine rings is 1. The van der Waals surface area contributed by atoms with Crippen molar-refractivity contribution in [1.82, 2.24) is 9.80 Å². The summed E-state index contributed by atoms with van der Waals surface area (Å²) in [5, 5.41) is 9.47. The highest BCUT2D eigenvalue weighted by Crippen LogP contribution is 2.24. The van der Waals surface area contributed by atoms with Crippen molar-refractivity contribution in [3.63, 3.8) is 0 Å². The second kappa shape index (κ2) is 8.81. The lowest BCUT2D eigenvalue weighted by Gasteiger charge is -2.44. The number of furan rings is 1. The number of hydrogen-bond acceptors (Lipinski definition) is 6. The molecule has 0 radical (unpaired) electrons. The number of hydrogen-bond donors (Lipinski definition) is 1. The summed E-state index contributed by atoms with van der Waals surface area (Å²) in [4.78, 5) is 5.15. The first-order valence-electron chi connectivity index (χ1n) is 8.56. The van der Waals surface area contributed by atoms with E-state index in [0.29, 0.717) is 12.1 Å². The van der Waals surface area contributed by atoms with Crippen LogP contribution in [0.5, 0.6) is 0 Å². The van der Waals surface area contributed by atoms with Gasteiger partial charge in [-0.1, -0.05) is 0 Å². The van der Waals surface area contributed by atoms with Crippen molar-refractivity contribution in [2.24, 2.45) is 0 Å². The lowest BCUT2D eigenvalue weighted by molar-refractivity contribution is 0.0366. The molecule has 1 atom stereocenters. The number of aliphatic hydroxyl groups is 1. The molecule has 0 aromatic carbocycles. The maximum Gasteiger partial charge on any atom is 0.118 e. The van der Waals surface area contributed by atoms with Gasteiger partial charge in [0, 0.05) is 61.3 Å². The van der Waals surface area contributed by atoms with Crippen molar-refractivity contribution >= 4 is 23.5 Å². The summed E-state index contributed by atoms with van der Waals surface area (Å²) < 4.78 is 5.75. The maximum atomic E-state index is 9.47. The smallest absolute Gasteiger partial charge is 0.118 e. The minimum atomic E-state index is 0.264. The molecule has 1 aromatic rings.